The highest BCUT2D eigenvalue weighted by Gasteiger charge is 2.27. The van der Waals surface area contributed by atoms with Gasteiger partial charge in [0.25, 0.3) is 0 Å². The number of benzene rings is 2. The third kappa shape index (κ3) is 18.5. The van der Waals surface area contributed by atoms with E-state index in [0.717, 1.165) is 4.90 Å². The second-order valence-electron chi connectivity index (χ2n) is 13.8. The molecular weight excluding hydrogens is 782 g/mol. The summed E-state index contributed by atoms with van der Waals surface area (Å²) in [6, 6.07) is 16.5. The van der Waals surface area contributed by atoms with E-state index in [4.69, 9.17) is 15.6 Å². The van der Waals surface area contributed by atoms with Gasteiger partial charge in [-0.15, -0.1) is 0 Å². The number of carboxylic acids is 1. The minimum Gasteiger partial charge on any atom is -0.480 e. The minimum atomic E-state index is -1.26. The Kier molecular flexibility index (Phi) is 22.0. The topological polar surface area (TPSA) is 270 Å². The average Bonchev–Trinajstić information content (AvgIpc) is 3.23. The fourth-order valence-electron chi connectivity index (χ4n) is 5.66. The Morgan fingerprint density at radius 1 is 0.617 bits per heavy atom. The summed E-state index contributed by atoms with van der Waals surface area (Å²) < 4.78 is 5.07. The van der Waals surface area contributed by atoms with Crippen molar-refractivity contribution in [3.8, 4) is 0 Å². The number of nitrogens with zero attached hydrogens (tertiary/aromatic N) is 4. The lowest BCUT2D eigenvalue weighted by atomic mass is 10.1. The second-order valence-corrected chi connectivity index (χ2v) is 13.8. The number of aliphatic carboxylic acids is 1. The number of nitrogens with one attached hydrogen (secondary N) is 4. The third-order valence-corrected chi connectivity index (χ3v) is 8.93. The zero-order chi connectivity index (χ0) is 44.6. The van der Waals surface area contributed by atoms with E-state index < -0.39 is 105 Å². The van der Waals surface area contributed by atoms with E-state index in [9.17, 15) is 43.2 Å². The molecule has 1 unspecified atom stereocenters. The molecule has 0 bridgehead atoms. The van der Waals surface area contributed by atoms with E-state index >= 15 is 0 Å². The Morgan fingerprint density at radius 3 is 1.60 bits per heavy atom. The first-order valence-electron chi connectivity index (χ1n) is 19.3. The molecule has 0 fully saturated rings. The number of carboxylic acid groups (broad SMARTS) is 1. The summed E-state index contributed by atoms with van der Waals surface area (Å²) in [6.07, 6.45) is 0.358. The molecule has 0 heterocycles. The van der Waals surface area contributed by atoms with Crippen LogP contribution in [-0.4, -0.2) is 163 Å². The van der Waals surface area contributed by atoms with Gasteiger partial charge in [-0.2, -0.15) is 0 Å². The molecule has 2 aromatic rings. The van der Waals surface area contributed by atoms with Crippen LogP contribution in [0.2, 0.25) is 0 Å². The lowest BCUT2D eigenvalue weighted by Gasteiger charge is -2.30. The molecule has 7 N–H and O–H groups in total. The number of nitrogens with two attached hydrogens (primary N) is 1. The first kappa shape index (κ1) is 49.7. The van der Waals surface area contributed by atoms with Crippen LogP contribution in [0.4, 0.5) is 0 Å². The number of amides is 8. The smallest absolute Gasteiger partial charge is 0.322 e. The molecule has 20 heteroatoms. The molecule has 0 aromatic heterocycles. The highest BCUT2D eigenvalue weighted by molar-refractivity contribution is 5.93. The van der Waals surface area contributed by atoms with E-state index in [0.29, 0.717) is 17.5 Å². The molecule has 2 aromatic carbocycles. The van der Waals surface area contributed by atoms with Crippen LogP contribution in [0.5, 0.6) is 0 Å². The maximum Gasteiger partial charge on any atom is 0.322 e. The van der Waals surface area contributed by atoms with Crippen molar-refractivity contribution < 1.29 is 53.0 Å². The fraction of sp³-hybridized carbons (Fsp3) is 0.475. The maximum absolute atomic E-state index is 13.7. The zero-order valence-corrected chi connectivity index (χ0v) is 34.5. The molecule has 2 rings (SSSR count). The highest BCUT2D eigenvalue weighted by atomic mass is 16.5. The Balaban J connectivity index is 2.12. The summed E-state index contributed by atoms with van der Waals surface area (Å²) in [5.41, 5.74) is 6.79. The van der Waals surface area contributed by atoms with Crippen LogP contribution in [0.3, 0.4) is 0 Å². The molecule has 0 aliphatic carbocycles. The molecule has 20 nitrogen and oxygen atoms in total. The van der Waals surface area contributed by atoms with E-state index in [1.807, 2.05) is 0 Å². The normalized spacial score (nSPS) is 11.1. The predicted octanol–water partition coefficient (Wildman–Crippen LogP) is -1.78. The number of methoxy groups -OCH3 is 1. The fourth-order valence-corrected chi connectivity index (χ4v) is 5.66. The molecule has 0 saturated heterocycles. The number of rotatable bonds is 26. The number of hydrogen-bond acceptors (Lipinski definition) is 11. The van der Waals surface area contributed by atoms with Gasteiger partial charge < -0.3 is 56.4 Å². The number of carbonyl (C=O) groups is 9. The van der Waals surface area contributed by atoms with E-state index in [-0.39, 0.29) is 38.8 Å². The van der Waals surface area contributed by atoms with Gasteiger partial charge in [0, 0.05) is 32.8 Å². The Labute approximate surface area is 349 Å². The number of hydrogen-bond donors (Lipinski definition) is 6. The van der Waals surface area contributed by atoms with Crippen molar-refractivity contribution in [1.29, 1.82) is 0 Å². The molecule has 0 radical (unpaired) electrons. The quantitative estimate of drug-likeness (QED) is 0.0574. The molecule has 0 aliphatic rings. The van der Waals surface area contributed by atoms with Gasteiger partial charge in [-0.25, -0.2) is 0 Å². The molecule has 328 valence electrons. The van der Waals surface area contributed by atoms with Gasteiger partial charge in [0.15, 0.2) is 0 Å². The SMILES string of the molecule is COCCCN(CC(=O)NCC(=O)N(CC(=O)NCC(=O)N(CC(=O)NCC(=O)O)Cc1ccccc1)C(C)c1ccccc1)C(=O)CNC(=O)CN(C(=O)CN)C(C)C. The molecule has 0 aliphatic heterocycles. The summed E-state index contributed by atoms with van der Waals surface area (Å²) in [4.78, 5) is 119. The van der Waals surface area contributed by atoms with Crippen molar-refractivity contribution >= 4 is 53.2 Å². The number of ether oxygens (including phenoxy) is 1. The maximum atomic E-state index is 13.7. The van der Waals surface area contributed by atoms with Gasteiger partial charge >= 0.3 is 5.97 Å². The summed E-state index contributed by atoms with van der Waals surface area (Å²) >= 11 is 0. The predicted molar refractivity (Wildman–Crippen MR) is 217 cm³/mol. The molecule has 1 atom stereocenters. The van der Waals surface area contributed by atoms with Crippen molar-refractivity contribution in [3.05, 3.63) is 71.8 Å². The summed E-state index contributed by atoms with van der Waals surface area (Å²) in [5.74, 6) is -6.35. The van der Waals surface area contributed by atoms with Crippen LogP contribution in [0.25, 0.3) is 0 Å². The molecular formula is C40H57N9O11. The van der Waals surface area contributed by atoms with Gasteiger partial charge in [0.2, 0.25) is 47.3 Å². The minimum absolute atomic E-state index is 0.0101. The monoisotopic (exact) mass is 839 g/mol. The molecule has 0 saturated carbocycles. The van der Waals surface area contributed by atoms with Gasteiger partial charge in [-0.05, 0) is 38.3 Å². The Bertz CT molecular complexity index is 1760. The lowest BCUT2D eigenvalue weighted by Crippen LogP contribution is -2.51. The van der Waals surface area contributed by atoms with E-state index in [2.05, 4.69) is 21.3 Å². The van der Waals surface area contributed by atoms with Gasteiger partial charge in [0.1, 0.15) is 13.1 Å². The molecule has 0 spiro atoms. The van der Waals surface area contributed by atoms with Gasteiger partial charge in [0.05, 0.1) is 51.9 Å². The van der Waals surface area contributed by atoms with Crippen LogP contribution in [0.1, 0.15) is 44.4 Å². The van der Waals surface area contributed by atoms with E-state index in [1.165, 1.54) is 21.8 Å². The van der Waals surface area contributed by atoms with Crippen LogP contribution >= 0.6 is 0 Å². The van der Waals surface area contributed by atoms with Crippen LogP contribution < -0.4 is 27.0 Å². The first-order valence-corrected chi connectivity index (χ1v) is 19.3. The van der Waals surface area contributed by atoms with Crippen molar-refractivity contribution in [2.75, 3.05) is 79.2 Å². The van der Waals surface area contributed by atoms with Crippen molar-refractivity contribution in [1.82, 2.24) is 40.9 Å². The van der Waals surface area contributed by atoms with Gasteiger partial charge in [-0.3, -0.25) is 43.2 Å². The van der Waals surface area contributed by atoms with E-state index in [1.54, 1.807) is 81.4 Å². The molecule has 8 amide bonds. The largest absolute Gasteiger partial charge is 0.480 e. The summed E-state index contributed by atoms with van der Waals surface area (Å²) in [6.45, 7) is 1.15. The van der Waals surface area contributed by atoms with Crippen LogP contribution in [0, 0.1) is 0 Å². The Hall–Kier alpha value is -6.41. The van der Waals surface area contributed by atoms with Crippen molar-refractivity contribution in [2.24, 2.45) is 5.73 Å². The highest BCUT2D eigenvalue weighted by Crippen LogP contribution is 2.20. The van der Waals surface area contributed by atoms with Gasteiger partial charge in [-0.1, -0.05) is 60.7 Å². The van der Waals surface area contributed by atoms with Crippen molar-refractivity contribution in [2.45, 2.75) is 45.8 Å². The van der Waals surface area contributed by atoms with Crippen molar-refractivity contribution in [3.63, 3.8) is 0 Å². The molecule has 60 heavy (non-hydrogen) atoms. The standard InChI is InChI=1S/C40H57N9O11/c1-28(2)48(36(54)18-41)26-34(52)42-19-37(55)46(16-11-17-60-4)24-32(50)44-21-39(57)49(29(3)31-14-9-6-10-15-31)27-35(53)43-20-38(56)47(23-30-12-7-5-8-13-30)25-33(51)45-22-40(58)59/h5-10,12-15,28-29H,11,16-27,41H2,1-4H3,(H,42,52)(H,43,53)(H,44,50)(H,45,51)(H,58,59). The summed E-state index contributed by atoms with van der Waals surface area (Å²) in [5, 5.41) is 18.6. The van der Waals surface area contributed by atoms with Crippen LogP contribution in [-0.2, 0) is 54.4 Å². The average molecular weight is 840 g/mol. The van der Waals surface area contributed by atoms with Crippen LogP contribution in [0.15, 0.2) is 60.7 Å². The number of carbonyl (C=O) groups excluding carboxylic acids is 8. The second kappa shape index (κ2) is 26.6. The zero-order valence-electron chi connectivity index (χ0n) is 34.5. The lowest BCUT2D eigenvalue weighted by molar-refractivity contribution is -0.141. The first-order chi connectivity index (χ1) is 28.6. The third-order valence-electron chi connectivity index (χ3n) is 8.93. The Morgan fingerprint density at radius 2 is 1.08 bits per heavy atom. The summed E-state index contributed by atoms with van der Waals surface area (Å²) in [7, 11) is 1.47.